The van der Waals surface area contributed by atoms with E-state index in [9.17, 15) is 9.18 Å². The first kappa shape index (κ1) is 18.5. The number of nitrogens with zero attached hydrogens (tertiary/aromatic N) is 2. The Morgan fingerprint density at radius 3 is 2.79 bits per heavy atom. The number of amides is 2. The lowest BCUT2D eigenvalue weighted by Gasteiger charge is -2.08. The average molecular weight is 395 g/mol. The molecule has 9 heteroatoms. The van der Waals surface area contributed by atoms with Crippen molar-refractivity contribution >= 4 is 28.4 Å². The summed E-state index contributed by atoms with van der Waals surface area (Å²) in [6.07, 6.45) is 0. The van der Waals surface area contributed by atoms with Crippen LogP contribution in [0, 0.1) is 19.7 Å². The van der Waals surface area contributed by atoms with Crippen molar-refractivity contribution in [1.82, 2.24) is 15.4 Å². The molecule has 0 fully saturated rings. The maximum Gasteiger partial charge on any atom is 0.324 e. The van der Waals surface area contributed by atoms with Gasteiger partial charge in [0.15, 0.2) is 5.82 Å². The van der Waals surface area contributed by atoms with Gasteiger partial charge in [0.2, 0.25) is 0 Å². The zero-order chi connectivity index (χ0) is 20.4. The second-order valence-electron chi connectivity index (χ2n) is 6.43. The maximum atomic E-state index is 13.7. The highest BCUT2D eigenvalue weighted by molar-refractivity contribution is 6.04. The molecule has 148 valence electrons. The minimum absolute atomic E-state index is 0.0772. The van der Waals surface area contributed by atoms with Crippen molar-refractivity contribution in [3.63, 3.8) is 0 Å². The van der Waals surface area contributed by atoms with Gasteiger partial charge >= 0.3 is 6.03 Å². The molecule has 0 radical (unpaired) electrons. The molecule has 0 bridgehead atoms. The van der Waals surface area contributed by atoms with Crippen molar-refractivity contribution in [2.24, 2.45) is 0 Å². The van der Waals surface area contributed by atoms with Crippen LogP contribution in [0.1, 0.15) is 17.0 Å². The van der Waals surface area contributed by atoms with Gasteiger partial charge in [-0.3, -0.25) is 10.4 Å². The molecule has 0 saturated carbocycles. The monoisotopic (exact) mass is 395 g/mol. The van der Waals surface area contributed by atoms with E-state index >= 15 is 0 Å². The van der Waals surface area contributed by atoms with E-state index in [1.54, 1.807) is 30.3 Å². The average Bonchev–Trinajstić information content (AvgIpc) is 3.25. The molecule has 3 N–H and O–H groups in total. The highest BCUT2D eigenvalue weighted by Gasteiger charge is 2.13. The minimum atomic E-state index is -0.606. The molecule has 8 nitrogen and oxygen atoms in total. The highest BCUT2D eigenvalue weighted by atomic mass is 19.1. The molecular formula is C20H18FN5O3. The summed E-state index contributed by atoms with van der Waals surface area (Å²) in [7, 11) is 0. The lowest BCUT2D eigenvalue weighted by molar-refractivity contribution is 0.262. The van der Waals surface area contributed by atoms with Crippen LogP contribution < -0.4 is 15.4 Å². The van der Waals surface area contributed by atoms with Gasteiger partial charge in [0.25, 0.3) is 0 Å². The third-order valence-corrected chi connectivity index (χ3v) is 4.45. The van der Waals surface area contributed by atoms with E-state index in [1.807, 2.05) is 13.8 Å². The quantitative estimate of drug-likeness (QED) is 0.460. The number of H-pyrrole nitrogens is 1. The molecule has 0 saturated heterocycles. The number of carbonyl (C=O) groups is 1. The topological polar surface area (TPSA) is 105 Å². The predicted octanol–water partition coefficient (Wildman–Crippen LogP) is 4.53. The lowest BCUT2D eigenvalue weighted by atomic mass is 10.2. The number of aryl methyl sites for hydroxylation is 2. The molecule has 0 spiro atoms. The third-order valence-electron chi connectivity index (χ3n) is 4.45. The molecule has 0 atom stereocenters. The summed E-state index contributed by atoms with van der Waals surface area (Å²) in [5.74, 6) is 1.08. The van der Waals surface area contributed by atoms with Crippen molar-refractivity contribution in [1.29, 1.82) is 0 Å². The summed E-state index contributed by atoms with van der Waals surface area (Å²) in [6.45, 7) is 3.99. The lowest BCUT2D eigenvalue weighted by Crippen LogP contribution is -2.20. The van der Waals surface area contributed by atoms with Gasteiger partial charge in [-0.15, -0.1) is 0 Å². The van der Waals surface area contributed by atoms with E-state index in [-0.39, 0.29) is 5.69 Å². The summed E-state index contributed by atoms with van der Waals surface area (Å²) < 4.78 is 24.7. The fraction of sp³-hybridized carbons (Fsp3) is 0.150. The van der Waals surface area contributed by atoms with Gasteiger partial charge in [0.05, 0.1) is 22.5 Å². The van der Waals surface area contributed by atoms with E-state index in [2.05, 4.69) is 26.0 Å². The van der Waals surface area contributed by atoms with Gasteiger partial charge < -0.3 is 14.6 Å². The van der Waals surface area contributed by atoms with Gasteiger partial charge in [-0.05, 0) is 44.2 Å². The Labute approximate surface area is 165 Å². The molecule has 4 rings (SSSR count). The molecular weight excluding hydrogens is 377 g/mol. The fourth-order valence-corrected chi connectivity index (χ4v) is 2.87. The van der Waals surface area contributed by atoms with E-state index in [1.165, 1.54) is 12.1 Å². The normalized spacial score (nSPS) is 10.9. The van der Waals surface area contributed by atoms with Crippen molar-refractivity contribution < 1.29 is 18.4 Å². The second-order valence-corrected chi connectivity index (χ2v) is 6.43. The molecule has 2 amide bonds. The Balaban J connectivity index is 1.49. The summed E-state index contributed by atoms with van der Waals surface area (Å²) in [6, 6.07) is 10.7. The van der Waals surface area contributed by atoms with Crippen LogP contribution in [-0.2, 0) is 6.61 Å². The third kappa shape index (κ3) is 3.88. The number of ether oxygens (including phenoxy) is 1. The van der Waals surface area contributed by atoms with Crippen LogP contribution in [0.2, 0.25) is 0 Å². The molecule has 4 aromatic rings. The largest absolute Gasteiger partial charge is 0.489 e. The Morgan fingerprint density at radius 1 is 1.21 bits per heavy atom. The Morgan fingerprint density at radius 2 is 2.03 bits per heavy atom. The van der Waals surface area contributed by atoms with Crippen molar-refractivity contribution in [3.8, 4) is 5.75 Å². The number of hydrogen-bond donors (Lipinski definition) is 3. The smallest absolute Gasteiger partial charge is 0.324 e. The van der Waals surface area contributed by atoms with Gasteiger partial charge in [-0.25, -0.2) is 9.18 Å². The number of rotatable bonds is 5. The number of urea groups is 1. The molecule has 2 aromatic heterocycles. The zero-order valence-electron chi connectivity index (χ0n) is 15.7. The van der Waals surface area contributed by atoms with Gasteiger partial charge in [0, 0.05) is 5.39 Å². The molecule has 0 aliphatic rings. The van der Waals surface area contributed by atoms with Gasteiger partial charge in [-0.1, -0.05) is 17.3 Å². The van der Waals surface area contributed by atoms with Crippen LogP contribution in [0.5, 0.6) is 5.75 Å². The van der Waals surface area contributed by atoms with Crippen LogP contribution in [0.25, 0.3) is 10.9 Å². The fourth-order valence-electron chi connectivity index (χ4n) is 2.87. The van der Waals surface area contributed by atoms with Crippen molar-refractivity contribution in [2.75, 3.05) is 10.6 Å². The Hall–Kier alpha value is -3.88. The molecule has 0 aliphatic carbocycles. The molecule has 0 aliphatic heterocycles. The minimum Gasteiger partial charge on any atom is -0.489 e. The van der Waals surface area contributed by atoms with Crippen molar-refractivity contribution in [3.05, 3.63) is 65.3 Å². The van der Waals surface area contributed by atoms with Crippen LogP contribution in [0.4, 0.5) is 20.7 Å². The van der Waals surface area contributed by atoms with E-state index in [0.29, 0.717) is 29.3 Å². The number of para-hydroxylation sites is 1. The maximum absolute atomic E-state index is 13.7. The number of carbonyl (C=O) groups excluding carboxylic acids is 1. The summed E-state index contributed by atoms with van der Waals surface area (Å²) in [5.41, 5.74) is 2.46. The Kier molecular flexibility index (Phi) is 4.86. The zero-order valence-corrected chi connectivity index (χ0v) is 15.7. The standard InChI is InChI=1S/C20H18FN5O3/c1-11-15(12(2)29-26-11)10-28-13-7-8-17-14(9-13)19(25-24-17)23-20(27)22-18-6-4-3-5-16(18)21/h3-9H,10H2,1-2H3,(H3,22,23,24,25,27). The summed E-state index contributed by atoms with van der Waals surface area (Å²) >= 11 is 0. The second kappa shape index (κ2) is 7.63. The number of nitrogens with one attached hydrogen (secondary N) is 3. The number of anilines is 2. The van der Waals surface area contributed by atoms with Gasteiger partial charge in [0.1, 0.15) is 23.9 Å². The first-order chi connectivity index (χ1) is 14.0. The Bertz CT molecular complexity index is 1160. The van der Waals surface area contributed by atoms with Gasteiger partial charge in [-0.2, -0.15) is 5.10 Å². The molecule has 29 heavy (non-hydrogen) atoms. The first-order valence-electron chi connectivity index (χ1n) is 8.86. The van der Waals surface area contributed by atoms with Crippen LogP contribution in [-0.4, -0.2) is 21.4 Å². The number of benzene rings is 2. The number of hydrogen-bond acceptors (Lipinski definition) is 5. The van der Waals surface area contributed by atoms with E-state index in [4.69, 9.17) is 9.26 Å². The van der Waals surface area contributed by atoms with Crippen molar-refractivity contribution in [2.45, 2.75) is 20.5 Å². The number of fused-ring (bicyclic) bond motifs is 1. The molecule has 2 aromatic carbocycles. The number of aromatic nitrogens is 3. The predicted molar refractivity (Wildman–Crippen MR) is 105 cm³/mol. The summed E-state index contributed by atoms with van der Waals surface area (Å²) in [4.78, 5) is 12.2. The SMILES string of the molecule is Cc1noc(C)c1COc1ccc2[nH]nc(NC(=O)Nc3ccccc3F)c2c1. The summed E-state index contributed by atoms with van der Waals surface area (Å²) in [5, 5.41) is 16.6. The molecule has 2 heterocycles. The van der Waals surface area contributed by atoms with Crippen LogP contribution in [0.3, 0.4) is 0 Å². The molecule has 0 unspecified atom stereocenters. The number of halogens is 1. The first-order valence-corrected chi connectivity index (χ1v) is 8.86. The highest BCUT2D eigenvalue weighted by Crippen LogP contribution is 2.26. The van der Waals surface area contributed by atoms with Crippen LogP contribution >= 0.6 is 0 Å². The number of aromatic amines is 1. The van der Waals surface area contributed by atoms with E-state index in [0.717, 1.165) is 16.8 Å². The van der Waals surface area contributed by atoms with Crippen LogP contribution in [0.15, 0.2) is 47.0 Å². The van der Waals surface area contributed by atoms with E-state index < -0.39 is 11.8 Å².